The number of hydrogen-bond donors (Lipinski definition) is 0. The van der Waals surface area contributed by atoms with Gasteiger partial charge in [-0.1, -0.05) is 10.8 Å². The topological polar surface area (TPSA) is 38.4 Å². The first-order valence-electron chi connectivity index (χ1n) is 6.25. The Kier molecular flexibility index (Phi) is 1.98. The lowest BCUT2D eigenvalue weighted by Gasteiger charge is -2.22. The van der Waals surface area contributed by atoms with Gasteiger partial charge in [-0.25, -0.2) is 0 Å². The quantitative estimate of drug-likeness (QED) is 0.688. The second kappa shape index (κ2) is 3.42. The fraction of sp³-hybridized carbons (Fsp3) is 0.538. The molecular formula is C13H14N2OS. The second-order valence-corrected chi connectivity index (χ2v) is 6.29. The van der Waals surface area contributed by atoms with Crippen LogP contribution in [0.15, 0.2) is 22.6 Å². The van der Waals surface area contributed by atoms with Crippen LogP contribution in [0.1, 0.15) is 24.1 Å². The van der Waals surface area contributed by atoms with Gasteiger partial charge in [-0.3, -0.25) is 0 Å². The van der Waals surface area contributed by atoms with E-state index in [2.05, 4.69) is 16.5 Å². The Morgan fingerprint density at radius 1 is 1.41 bits per heavy atom. The van der Waals surface area contributed by atoms with E-state index < -0.39 is 0 Å². The average molecular weight is 246 g/mol. The highest BCUT2D eigenvalue weighted by atomic mass is 32.1. The predicted octanol–water partition coefficient (Wildman–Crippen LogP) is 1.28. The van der Waals surface area contributed by atoms with Crippen molar-refractivity contribution in [1.82, 2.24) is 0 Å². The molecule has 1 aromatic rings. The zero-order chi connectivity index (χ0) is 11.4. The fourth-order valence-corrected chi connectivity index (χ4v) is 4.49. The van der Waals surface area contributed by atoms with E-state index in [9.17, 15) is 5.11 Å². The van der Waals surface area contributed by atoms with Crippen molar-refractivity contribution < 1.29 is 9.79 Å². The Hall–Kier alpha value is -1.16. The predicted molar refractivity (Wildman–Crippen MR) is 65.3 cm³/mol. The number of thiophene rings is 1. The molecular weight excluding hydrogens is 232 g/mol. The molecule has 1 aromatic heterocycles. The summed E-state index contributed by atoms with van der Waals surface area (Å²) in [6.07, 6.45) is 5.81. The summed E-state index contributed by atoms with van der Waals surface area (Å²) in [5.74, 6) is 1.62. The molecule has 2 fully saturated rings. The molecule has 17 heavy (non-hydrogen) atoms. The lowest BCUT2D eigenvalue weighted by Crippen LogP contribution is -2.37. The minimum absolute atomic E-state index is 0.120. The zero-order valence-corrected chi connectivity index (χ0v) is 10.3. The maximum Gasteiger partial charge on any atom is 0.213 e. The van der Waals surface area contributed by atoms with Crippen LogP contribution in [0.3, 0.4) is 0 Å². The van der Waals surface area contributed by atoms with Gasteiger partial charge in [0.05, 0.1) is 10.8 Å². The summed E-state index contributed by atoms with van der Waals surface area (Å²) in [7, 11) is 0. The number of hydrazone groups is 1. The number of rotatable bonds is 1. The summed E-state index contributed by atoms with van der Waals surface area (Å²) in [6, 6.07) is 4.47. The molecule has 0 N–H and O–H groups in total. The number of hydrogen-bond acceptors (Lipinski definition) is 3. The van der Waals surface area contributed by atoms with Gasteiger partial charge in [0.1, 0.15) is 0 Å². The third kappa shape index (κ3) is 1.33. The minimum Gasteiger partial charge on any atom is -0.857 e. The maximum atomic E-state index is 12.0. The Labute approximate surface area is 104 Å². The van der Waals surface area contributed by atoms with E-state index in [1.54, 1.807) is 11.3 Å². The largest absolute Gasteiger partial charge is 0.857 e. The molecule has 4 atom stereocenters. The molecule has 0 amide bonds. The van der Waals surface area contributed by atoms with E-state index in [1.807, 2.05) is 17.0 Å². The summed E-state index contributed by atoms with van der Waals surface area (Å²) >= 11 is 1.70. The van der Waals surface area contributed by atoms with E-state index >= 15 is 0 Å². The van der Waals surface area contributed by atoms with Gasteiger partial charge in [-0.05, 0) is 41.7 Å². The van der Waals surface area contributed by atoms with Crippen molar-refractivity contribution in [1.29, 1.82) is 0 Å². The van der Waals surface area contributed by atoms with Crippen LogP contribution in [-0.4, -0.2) is 22.8 Å². The van der Waals surface area contributed by atoms with Crippen molar-refractivity contribution in [2.24, 2.45) is 22.9 Å². The Bertz CT molecular complexity index is 505. The highest BCUT2D eigenvalue weighted by Crippen LogP contribution is 2.51. The van der Waals surface area contributed by atoms with Gasteiger partial charge in [0.15, 0.2) is 6.04 Å². The van der Waals surface area contributed by atoms with Crippen LogP contribution in [0.5, 0.6) is 0 Å². The number of fused-ring (bicyclic) bond motifs is 5. The van der Waals surface area contributed by atoms with E-state index in [-0.39, 0.29) is 11.8 Å². The van der Waals surface area contributed by atoms with Crippen molar-refractivity contribution >= 4 is 23.4 Å². The molecule has 3 nitrogen and oxygen atoms in total. The van der Waals surface area contributed by atoms with Gasteiger partial charge in [-0.15, -0.1) is 11.3 Å². The fourth-order valence-electron chi connectivity index (χ4n) is 3.85. The summed E-state index contributed by atoms with van der Waals surface area (Å²) in [5.41, 5.74) is 0. The average Bonchev–Trinajstić information content (AvgIpc) is 3.04. The van der Waals surface area contributed by atoms with E-state index in [0.29, 0.717) is 17.9 Å². The molecule has 4 heteroatoms. The summed E-state index contributed by atoms with van der Waals surface area (Å²) in [5, 5.41) is 18.3. The van der Waals surface area contributed by atoms with Gasteiger partial charge in [-0.2, -0.15) is 0 Å². The molecule has 2 heterocycles. The van der Waals surface area contributed by atoms with Crippen molar-refractivity contribution in [3.8, 4) is 0 Å². The first-order chi connectivity index (χ1) is 8.33. The van der Waals surface area contributed by atoms with Crippen molar-refractivity contribution in [3.05, 3.63) is 22.4 Å². The van der Waals surface area contributed by atoms with E-state index in [1.165, 1.54) is 24.1 Å². The highest BCUT2D eigenvalue weighted by Gasteiger charge is 2.57. The monoisotopic (exact) mass is 246 g/mol. The van der Waals surface area contributed by atoms with Crippen LogP contribution in [0, 0.1) is 17.8 Å². The van der Waals surface area contributed by atoms with Crippen LogP contribution in [-0.2, 0) is 0 Å². The molecule has 2 saturated carbocycles. The lowest BCUT2D eigenvalue weighted by atomic mass is 9.85. The molecule has 3 aliphatic rings. The normalized spacial score (nSPS) is 40.9. The van der Waals surface area contributed by atoms with Crippen LogP contribution in [0.2, 0.25) is 0 Å². The molecule has 4 rings (SSSR count). The minimum atomic E-state index is 0.120. The Balaban J connectivity index is 1.74. The van der Waals surface area contributed by atoms with Crippen LogP contribution in [0.4, 0.5) is 0 Å². The van der Waals surface area contributed by atoms with Gasteiger partial charge in [0, 0.05) is 11.8 Å². The molecule has 0 radical (unpaired) electrons. The third-order valence-corrected chi connectivity index (χ3v) is 5.29. The van der Waals surface area contributed by atoms with Gasteiger partial charge >= 0.3 is 0 Å². The summed E-state index contributed by atoms with van der Waals surface area (Å²) in [4.78, 5) is 1.19. The summed E-state index contributed by atoms with van der Waals surface area (Å²) in [6.45, 7) is 0. The van der Waals surface area contributed by atoms with Gasteiger partial charge in [0.2, 0.25) is 6.21 Å². The number of nitrogens with zero attached hydrogens (tertiary/aromatic N) is 2. The molecule has 2 bridgehead atoms. The zero-order valence-electron chi connectivity index (χ0n) is 9.45. The SMILES string of the molecule is [O-]C1=N/[N+](=C\c2cccs2)[C@H]2C1[C@@H]1CC[C@H]2C1. The summed E-state index contributed by atoms with van der Waals surface area (Å²) < 4.78 is 1.96. The molecule has 88 valence electrons. The van der Waals surface area contributed by atoms with E-state index in [4.69, 9.17) is 0 Å². The standard InChI is InChI=1S/C13H14N2OS/c16-13-11-8-3-4-9(6-8)12(11)15(14-13)7-10-2-1-5-17-10/h1-2,5,7-9,11-12H,3-4,6H2/b15-7-/t8-,9+,11?,12-/m1/s1. The van der Waals surface area contributed by atoms with Crippen LogP contribution >= 0.6 is 11.3 Å². The smallest absolute Gasteiger partial charge is 0.213 e. The Morgan fingerprint density at radius 2 is 2.29 bits per heavy atom. The first-order valence-corrected chi connectivity index (χ1v) is 7.13. The molecule has 0 aromatic carbocycles. The van der Waals surface area contributed by atoms with Crippen molar-refractivity contribution in [2.45, 2.75) is 25.3 Å². The second-order valence-electron chi connectivity index (χ2n) is 5.31. The molecule has 1 aliphatic heterocycles. The van der Waals surface area contributed by atoms with Gasteiger partial charge < -0.3 is 5.11 Å². The maximum absolute atomic E-state index is 12.0. The highest BCUT2D eigenvalue weighted by molar-refractivity contribution is 7.11. The molecule has 1 unspecified atom stereocenters. The van der Waals surface area contributed by atoms with E-state index in [0.717, 1.165) is 0 Å². The Morgan fingerprint density at radius 3 is 3.12 bits per heavy atom. The van der Waals surface area contributed by atoms with Crippen molar-refractivity contribution in [2.75, 3.05) is 0 Å². The molecule has 0 spiro atoms. The third-order valence-electron chi connectivity index (χ3n) is 4.48. The van der Waals surface area contributed by atoms with Crippen LogP contribution in [0.25, 0.3) is 0 Å². The molecule has 0 saturated heterocycles. The van der Waals surface area contributed by atoms with Crippen molar-refractivity contribution in [3.63, 3.8) is 0 Å². The first kappa shape index (κ1) is 9.83. The van der Waals surface area contributed by atoms with Gasteiger partial charge in [0.25, 0.3) is 0 Å². The molecule has 2 aliphatic carbocycles. The van der Waals surface area contributed by atoms with Crippen LogP contribution < -0.4 is 5.11 Å². The lowest BCUT2D eigenvalue weighted by molar-refractivity contribution is -0.568.